The maximum absolute atomic E-state index is 12.0. The predicted molar refractivity (Wildman–Crippen MR) is 99.2 cm³/mol. The number of anilines is 1. The van der Waals surface area contributed by atoms with Gasteiger partial charge in [0, 0.05) is 31.9 Å². The van der Waals surface area contributed by atoms with Crippen LogP contribution < -0.4 is 15.5 Å². The van der Waals surface area contributed by atoms with Gasteiger partial charge in [-0.05, 0) is 25.5 Å². The number of nitrogens with one attached hydrogen (secondary N) is 2. The summed E-state index contributed by atoms with van der Waals surface area (Å²) < 4.78 is 5.30. The first-order valence-electron chi connectivity index (χ1n) is 7.61. The Balaban J connectivity index is 0.00000242. The molecule has 1 heterocycles. The molecule has 7 heteroatoms. The van der Waals surface area contributed by atoms with E-state index in [0.29, 0.717) is 19.8 Å². The van der Waals surface area contributed by atoms with Crippen LogP contribution in [0.15, 0.2) is 24.3 Å². The lowest BCUT2D eigenvalue weighted by atomic mass is 10.2. The maximum Gasteiger partial charge on any atom is 0.239 e. The maximum atomic E-state index is 12.0. The van der Waals surface area contributed by atoms with Crippen LogP contribution in [0.1, 0.15) is 12.5 Å². The van der Waals surface area contributed by atoms with Crippen molar-refractivity contribution in [3.8, 4) is 0 Å². The lowest BCUT2D eigenvalue weighted by Crippen LogP contribution is -2.52. The predicted octanol–water partition coefficient (Wildman–Crippen LogP) is 1.77. The Morgan fingerprint density at radius 1 is 1.39 bits per heavy atom. The number of nitrogens with zero attached hydrogens (tertiary/aromatic N) is 1. The van der Waals surface area contributed by atoms with Crippen LogP contribution >= 0.6 is 24.8 Å². The van der Waals surface area contributed by atoms with Gasteiger partial charge in [-0.25, -0.2) is 0 Å². The number of morpholine rings is 1. The van der Waals surface area contributed by atoms with Gasteiger partial charge in [0.15, 0.2) is 0 Å². The Morgan fingerprint density at radius 2 is 2.13 bits per heavy atom. The number of hydrogen-bond acceptors (Lipinski definition) is 4. The largest absolute Gasteiger partial charge is 0.378 e. The van der Waals surface area contributed by atoms with Crippen LogP contribution in [0.4, 0.5) is 5.69 Å². The second-order valence-corrected chi connectivity index (χ2v) is 5.24. The van der Waals surface area contributed by atoms with Crippen molar-refractivity contribution in [1.82, 2.24) is 10.6 Å². The van der Waals surface area contributed by atoms with Crippen molar-refractivity contribution in [2.45, 2.75) is 19.9 Å². The number of amides is 1. The van der Waals surface area contributed by atoms with Crippen molar-refractivity contribution >= 4 is 36.4 Å². The summed E-state index contributed by atoms with van der Waals surface area (Å²) in [5, 5.41) is 6.14. The van der Waals surface area contributed by atoms with E-state index >= 15 is 0 Å². The zero-order chi connectivity index (χ0) is 15.1. The Morgan fingerprint density at radius 3 is 2.74 bits per heavy atom. The van der Waals surface area contributed by atoms with E-state index in [1.165, 1.54) is 11.3 Å². The monoisotopic (exact) mass is 363 g/mol. The van der Waals surface area contributed by atoms with E-state index in [1.54, 1.807) is 0 Å². The van der Waals surface area contributed by atoms with Crippen LogP contribution in [0.25, 0.3) is 0 Å². The number of benzene rings is 1. The molecule has 0 aromatic heterocycles. The Bertz CT molecular complexity index is 468. The number of halogens is 2. The minimum absolute atomic E-state index is 0. The molecule has 1 aromatic carbocycles. The van der Waals surface area contributed by atoms with E-state index in [2.05, 4.69) is 41.5 Å². The first-order chi connectivity index (χ1) is 10.2. The summed E-state index contributed by atoms with van der Waals surface area (Å²) in [6, 6.07) is 8.11. The summed E-state index contributed by atoms with van der Waals surface area (Å²) in [6.45, 7) is 8.49. The second-order valence-electron chi connectivity index (χ2n) is 5.24. The molecule has 1 aliphatic rings. The van der Waals surface area contributed by atoms with Crippen LogP contribution in [0.5, 0.6) is 0 Å². The zero-order valence-electron chi connectivity index (χ0n) is 13.7. The zero-order valence-corrected chi connectivity index (χ0v) is 15.3. The summed E-state index contributed by atoms with van der Waals surface area (Å²) in [5.41, 5.74) is 2.49. The number of ether oxygens (including phenoxy) is 1. The van der Waals surface area contributed by atoms with Crippen molar-refractivity contribution in [2.75, 3.05) is 44.3 Å². The van der Waals surface area contributed by atoms with Gasteiger partial charge in [0.25, 0.3) is 0 Å². The SMILES string of the molecule is CCN(CCNC(=O)C1COCCN1)c1ccccc1C.Cl.Cl. The van der Waals surface area contributed by atoms with E-state index in [9.17, 15) is 4.79 Å². The molecule has 1 atom stereocenters. The fourth-order valence-corrected chi connectivity index (χ4v) is 2.54. The van der Waals surface area contributed by atoms with Crippen LogP contribution in [0.2, 0.25) is 0 Å². The Hall–Kier alpha value is -1.01. The molecule has 1 amide bonds. The van der Waals surface area contributed by atoms with E-state index in [-0.39, 0.29) is 36.8 Å². The van der Waals surface area contributed by atoms with Crippen LogP contribution in [0.3, 0.4) is 0 Å². The third-order valence-electron chi connectivity index (χ3n) is 3.76. The van der Waals surface area contributed by atoms with Gasteiger partial charge < -0.3 is 20.3 Å². The van der Waals surface area contributed by atoms with Gasteiger partial charge in [0.2, 0.25) is 5.91 Å². The van der Waals surface area contributed by atoms with Crippen LogP contribution in [-0.2, 0) is 9.53 Å². The van der Waals surface area contributed by atoms with Gasteiger partial charge in [0.1, 0.15) is 6.04 Å². The van der Waals surface area contributed by atoms with Gasteiger partial charge >= 0.3 is 0 Å². The number of rotatable bonds is 6. The quantitative estimate of drug-likeness (QED) is 0.808. The molecule has 1 fully saturated rings. The summed E-state index contributed by atoms with van der Waals surface area (Å²) in [4.78, 5) is 14.3. The Labute approximate surface area is 151 Å². The molecule has 0 spiro atoms. The minimum atomic E-state index is -0.215. The van der Waals surface area contributed by atoms with Crippen molar-refractivity contribution < 1.29 is 9.53 Å². The average Bonchev–Trinajstić information content (AvgIpc) is 2.53. The summed E-state index contributed by atoms with van der Waals surface area (Å²) in [6.07, 6.45) is 0. The lowest BCUT2D eigenvalue weighted by Gasteiger charge is -2.26. The molecule has 1 aliphatic heterocycles. The van der Waals surface area contributed by atoms with Crippen molar-refractivity contribution in [3.63, 3.8) is 0 Å². The van der Waals surface area contributed by atoms with Gasteiger partial charge in [-0.2, -0.15) is 0 Å². The molecule has 0 aliphatic carbocycles. The fraction of sp³-hybridized carbons (Fsp3) is 0.562. The molecular weight excluding hydrogens is 337 g/mol. The highest BCUT2D eigenvalue weighted by Gasteiger charge is 2.20. The molecule has 5 nitrogen and oxygen atoms in total. The molecule has 1 aromatic rings. The second kappa shape index (κ2) is 11.5. The standard InChI is InChI=1S/C16H25N3O2.2ClH/c1-3-19(15-7-5-4-6-13(15)2)10-8-18-16(20)14-12-21-11-9-17-14;;/h4-7,14,17H,3,8-12H2,1-2H3,(H,18,20);2*1H. The molecule has 132 valence electrons. The molecule has 2 N–H and O–H groups in total. The lowest BCUT2D eigenvalue weighted by molar-refractivity contribution is -0.125. The molecule has 0 bridgehead atoms. The van der Waals surface area contributed by atoms with E-state index in [4.69, 9.17) is 4.74 Å². The number of carbonyl (C=O) groups is 1. The number of para-hydroxylation sites is 1. The normalized spacial score (nSPS) is 16.7. The molecule has 1 unspecified atom stereocenters. The smallest absolute Gasteiger partial charge is 0.239 e. The van der Waals surface area contributed by atoms with Gasteiger partial charge in [-0.15, -0.1) is 24.8 Å². The van der Waals surface area contributed by atoms with Crippen molar-refractivity contribution in [3.05, 3.63) is 29.8 Å². The molecule has 1 saturated heterocycles. The molecule has 2 rings (SSSR count). The van der Waals surface area contributed by atoms with Crippen LogP contribution in [0, 0.1) is 6.92 Å². The van der Waals surface area contributed by atoms with Gasteiger partial charge in [-0.1, -0.05) is 18.2 Å². The highest BCUT2D eigenvalue weighted by Crippen LogP contribution is 2.18. The summed E-state index contributed by atoms with van der Waals surface area (Å²) in [7, 11) is 0. The summed E-state index contributed by atoms with van der Waals surface area (Å²) in [5.74, 6) is 0.0236. The highest BCUT2D eigenvalue weighted by molar-refractivity contribution is 5.85. The summed E-state index contributed by atoms with van der Waals surface area (Å²) >= 11 is 0. The van der Waals surface area contributed by atoms with Gasteiger partial charge in [-0.3, -0.25) is 4.79 Å². The van der Waals surface area contributed by atoms with E-state index < -0.39 is 0 Å². The van der Waals surface area contributed by atoms with Crippen molar-refractivity contribution in [2.24, 2.45) is 0 Å². The van der Waals surface area contributed by atoms with E-state index in [1.807, 2.05) is 12.1 Å². The third kappa shape index (κ3) is 6.55. The third-order valence-corrected chi connectivity index (χ3v) is 3.76. The number of aryl methyl sites for hydroxylation is 1. The number of hydrogen-bond donors (Lipinski definition) is 2. The first-order valence-corrected chi connectivity index (χ1v) is 7.61. The average molecular weight is 364 g/mol. The van der Waals surface area contributed by atoms with Crippen LogP contribution in [-0.4, -0.2) is 51.3 Å². The molecule has 0 radical (unpaired) electrons. The fourth-order valence-electron chi connectivity index (χ4n) is 2.54. The number of carbonyl (C=O) groups excluding carboxylic acids is 1. The molecular formula is C16H27Cl2N3O2. The minimum Gasteiger partial charge on any atom is -0.378 e. The number of likely N-dealkylation sites (N-methyl/N-ethyl adjacent to an activating group) is 1. The van der Waals surface area contributed by atoms with Crippen molar-refractivity contribution in [1.29, 1.82) is 0 Å². The van der Waals surface area contributed by atoms with Gasteiger partial charge in [0.05, 0.1) is 13.2 Å². The molecule has 23 heavy (non-hydrogen) atoms. The Kier molecular flexibility index (Phi) is 11.0. The highest BCUT2D eigenvalue weighted by atomic mass is 35.5. The van der Waals surface area contributed by atoms with E-state index in [0.717, 1.165) is 19.6 Å². The molecule has 0 saturated carbocycles. The topological polar surface area (TPSA) is 53.6 Å². The first kappa shape index (κ1) is 22.0.